The minimum absolute atomic E-state index is 0.433. The van der Waals surface area contributed by atoms with E-state index in [-0.39, 0.29) is 0 Å². The Morgan fingerprint density at radius 2 is 1.86 bits per heavy atom. The fraction of sp³-hybridized carbons (Fsp3) is 0.667. The first-order valence-electron chi connectivity index (χ1n) is 8.25. The predicted octanol–water partition coefficient (Wildman–Crippen LogP) is 2.84. The van der Waals surface area contributed by atoms with Crippen molar-refractivity contribution in [1.29, 1.82) is 0 Å². The van der Waals surface area contributed by atoms with E-state index in [4.69, 9.17) is 4.74 Å². The summed E-state index contributed by atoms with van der Waals surface area (Å²) in [6.45, 7) is 8.48. The highest BCUT2D eigenvalue weighted by atomic mass is 16.5. The quantitative estimate of drug-likeness (QED) is 0.836. The molecule has 0 atom stereocenters. The van der Waals surface area contributed by atoms with E-state index in [0.717, 1.165) is 45.5 Å². The molecular formula is C18H30N2O. The molecule has 0 spiro atoms. The Kier molecular flexibility index (Phi) is 6.68. The van der Waals surface area contributed by atoms with Gasteiger partial charge in [0.15, 0.2) is 0 Å². The van der Waals surface area contributed by atoms with Gasteiger partial charge in [-0.1, -0.05) is 38.1 Å². The van der Waals surface area contributed by atoms with Crippen molar-refractivity contribution in [2.45, 2.75) is 51.9 Å². The Hall–Kier alpha value is -0.900. The fourth-order valence-corrected chi connectivity index (χ4v) is 2.80. The van der Waals surface area contributed by atoms with Crippen LogP contribution in [0.15, 0.2) is 24.3 Å². The molecule has 1 aromatic rings. The lowest BCUT2D eigenvalue weighted by molar-refractivity contribution is 0.00187. The Labute approximate surface area is 129 Å². The molecule has 0 bridgehead atoms. The lowest BCUT2D eigenvalue weighted by Gasteiger charge is -2.29. The first-order chi connectivity index (χ1) is 10.1. The molecule has 0 aromatic heterocycles. The van der Waals surface area contributed by atoms with E-state index >= 15 is 0 Å². The molecule has 0 saturated carbocycles. The topological polar surface area (TPSA) is 24.5 Å². The van der Waals surface area contributed by atoms with Crippen LogP contribution in [0.4, 0.5) is 0 Å². The number of likely N-dealkylation sites (tertiary alicyclic amines) is 1. The van der Waals surface area contributed by atoms with Crippen LogP contribution in [0.3, 0.4) is 0 Å². The highest BCUT2D eigenvalue weighted by Gasteiger charge is 2.17. The molecule has 0 radical (unpaired) electrons. The van der Waals surface area contributed by atoms with Gasteiger partial charge >= 0.3 is 0 Å². The number of hydrogen-bond acceptors (Lipinski definition) is 3. The molecule has 0 aliphatic carbocycles. The van der Waals surface area contributed by atoms with Crippen LogP contribution >= 0.6 is 0 Å². The van der Waals surface area contributed by atoms with E-state index in [1.807, 2.05) is 0 Å². The summed E-state index contributed by atoms with van der Waals surface area (Å²) in [4.78, 5) is 2.38. The molecule has 1 fully saturated rings. The van der Waals surface area contributed by atoms with Gasteiger partial charge in [-0.3, -0.25) is 0 Å². The number of benzene rings is 1. The Balaban J connectivity index is 1.82. The van der Waals surface area contributed by atoms with Crippen LogP contribution in [0.5, 0.6) is 0 Å². The van der Waals surface area contributed by atoms with Crippen molar-refractivity contribution >= 4 is 0 Å². The summed E-state index contributed by atoms with van der Waals surface area (Å²) in [5.41, 5.74) is 2.76. The monoisotopic (exact) mass is 290 g/mol. The van der Waals surface area contributed by atoms with Gasteiger partial charge in [0, 0.05) is 19.1 Å². The molecule has 0 unspecified atom stereocenters. The number of ether oxygens (including phenoxy) is 1. The van der Waals surface area contributed by atoms with Crippen molar-refractivity contribution < 1.29 is 4.74 Å². The first kappa shape index (κ1) is 16.5. The van der Waals surface area contributed by atoms with Crippen molar-refractivity contribution in [3.63, 3.8) is 0 Å². The highest BCUT2D eigenvalue weighted by molar-refractivity contribution is 5.26. The summed E-state index contributed by atoms with van der Waals surface area (Å²) in [6.07, 6.45) is 3.83. The molecule has 3 heteroatoms. The van der Waals surface area contributed by atoms with Crippen LogP contribution < -0.4 is 5.32 Å². The SMILES string of the molecule is CC(C)NCCc1ccccc1COC1CCN(C)CC1. The van der Waals surface area contributed by atoms with Crippen LogP contribution in [0.2, 0.25) is 0 Å². The third-order valence-corrected chi connectivity index (χ3v) is 4.21. The third kappa shape index (κ3) is 5.77. The lowest BCUT2D eigenvalue weighted by Crippen LogP contribution is -2.34. The Morgan fingerprint density at radius 3 is 2.52 bits per heavy atom. The molecule has 1 aliphatic rings. The maximum absolute atomic E-state index is 6.14. The molecule has 0 amide bonds. The number of piperidine rings is 1. The Bertz CT molecular complexity index is 411. The summed E-state index contributed by atoms with van der Waals surface area (Å²) in [7, 11) is 2.19. The molecule has 118 valence electrons. The molecule has 3 nitrogen and oxygen atoms in total. The zero-order valence-electron chi connectivity index (χ0n) is 13.8. The Morgan fingerprint density at radius 1 is 1.19 bits per heavy atom. The normalized spacial score (nSPS) is 17.5. The van der Waals surface area contributed by atoms with Gasteiger partial charge in [0.1, 0.15) is 0 Å². The molecule has 1 aliphatic heterocycles. The molecule has 1 heterocycles. The average molecular weight is 290 g/mol. The van der Waals surface area contributed by atoms with Crippen molar-refractivity contribution in [3.8, 4) is 0 Å². The van der Waals surface area contributed by atoms with Crippen LogP contribution in [0.1, 0.15) is 37.8 Å². The minimum atomic E-state index is 0.433. The van der Waals surface area contributed by atoms with Gasteiger partial charge in [0.2, 0.25) is 0 Å². The smallest absolute Gasteiger partial charge is 0.0723 e. The van der Waals surface area contributed by atoms with Gasteiger partial charge in [-0.05, 0) is 44.0 Å². The highest BCUT2D eigenvalue weighted by Crippen LogP contribution is 2.17. The maximum atomic E-state index is 6.14. The van der Waals surface area contributed by atoms with Gasteiger partial charge < -0.3 is 15.0 Å². The van der Waals surface area contributed by atoms with Gasteiger partial charge in [0.25, 0.3) is 0 Å². The number of hydrogen-bond donors (Lipinski definition) is 1. The van der Waals surface area contributed by atoms with Crippen LogP contribution in [0.25, 0.3) is 0 Å². The fourth-order valence-electron chi connectivity index (χ4n) is 2.80. The van der Waals surface area contributed by atoms with E-state index in [1.54, 1.807) is 0 Å². The zero-order valence-corrected chi connectivity index (χ0v) is 13.8. The van der Waals surface area contributed by atoms with Gasteiger partial charge in [-0.15, -0.1) is 0 Å². The first-order valence-corrected chi connectivity index (χ1v) is 8.25. The number of rotatable bonds is 7. The predicted molar refractivity (Wildman–Crippen MR) is 88.6 cm³/mol. The van der Waals surface area contributed by atoms with Crippen molar-refractivity contribution in [3.05, 3.63) is 35.4 Å². The number of nitrogens with one attached hydrogen (secondary N) is 1. The van der Waals surface area contributed by atoms with E-state index in [2.05, 4.69) is 55.4 Å². The second-order valence-corrected chi connectivity index (χ2v) is 6.44. The summed E-state index contributed by atoms with van der Waals surface area (Å²) >= 11 is 0. The van der Waals surface area contributed by atoms with Crippen LogP contribution in [0, 0.1) is 0 Å². The lowest BCUT2D eigenvalue weighted by atomic mass is 10.0. The maximum Gasteiger partial charge on any atom is 0.0723 e. The van der Waals surface area contributed by atoms with Gasteiger partial charge in [-0.25, -0.2) is 0 Å². The minimum Gasteiger partial charge on any atom is -0.373 e. The van der Waals surface area contributed by atoms with E-state index in [0.29, 0.717) is 12.1 Å². The zero-order chi connectivity index (χ0) is 15.1. The summed E-state index contributed by atoms with van der Waals surface area (Å²) < 4.78 is 6.14. The summed E-state index contributed by atoms with van der Waals surface area (Å²) in [5.74, 6) is 0. The van der Waals surface area contributed by atoms with Crippen LogP contribution in [-0.4, -0.2) is 43.7 Å². The molecule has 21 heavy (non-hydrogen) atoms. The molecule has 2 rings (SSSR count). The second-order valence-electron chi connectivity index (χ2n) is 6.44. The van der Waals surface area contributed by atoms with E-state index < -0.39 is 0 Å². The average Bonchev–Trinajstić information content (AvgIpc) is 2.47. The van der Waals surface area contributed by atoms with Crippen molar-refractivity contribution in [2.75, 3.05) is 26.7 Å². The van der Waals surface area contributed by atoms with Crippen LogP contribution in [-0.2, 0) is 17.8 Å². The third-order valence-electron chi connectivity index (χ3n) is 4.21. The summed E-state index contributed by atoms with van der Waals surface area (Å²) in [5, 5.41) is 3.49. The standard InChI is InChI=1S/C18H30N2O/c1-15(2)19-11-8-16-6-4-5-7-17(16)14-21-18-9-12-20(3)13-10-18/h4-7,15,18-19H,8-14H2,1-3H3. The molecule has 1 aromatic carbocycles. The molecule has 1 saturated heterocycles. The van der Waals surface area contributed by atoms with Gasteiger partial charge in [0.05, 0.1) is 12.7 Å². The second kappa shape index (κ2) is 8.52. The largest absolute Gasteiger partial charge is 0.373 e. The van der Waals surface area contributed by atoms with Gasteiger partial charge in [-0.2, -0.15) is 0 Å². The van der Waals surface area contributed by atoms with Crippen molar-refractivity contribution in [1.82, 2.24) is 10.2 Å². The summed E-state index contributed by atoms with van der Waals surface area (Å²) in [6, 6.07) is 9.23. The number of nitrogens with zero attached hydrogens (tertiary/aromatic N) is 1. The van der Waals surface area contributed by atoms with Crippen molar-refractivity contribution in [2.24, 2.45) is 0 Å². The molecular weight excluding hydrogens is 260 g/mol. The van der Waals surface area contributed by atoms with E-state index in [1.165, 1.54) is 11.1 Å². The molecule has 1 N–H and O–H groups in total. The van der Waals surface area contributed by atoms with E-state index in [9.17, 15) is 0 Å².